The normalized spacial score (nSPS) is 12.0. The van der Waals surface area contributed by atoms with Crippen LogP contribution in [-0.2, 0) is 48.2 Å². The molecule has 0 aliphatic rings. The van der Waals surface area contributed by atoms with Crippen LogP contribution in [0.15, 0.2) is 48.8 Å². The number of carboxylic acids is 3. The quantitative estimate of drug-likeness (QED) is 0.152. The van der Waals surface area contributed by atoms with Crippen molar-refractivity contribution in [3.8, 4) is 0 Å². The van der Waals surface area contributed by atoms with Gasteiger partial charge in [0.25, 0.3) is 0 Å². The van der Waals surface area contributed by atoms with E-state index in [1.165, 1.54) is 4.90 Å². The van der Waals surface area contributed by atoms with E-state index in [9.17, 15) is 24.0 Å². The third-order valence-electron chi connectivity index (χ3n) is 7.10. The Morgan fingerprint density at radius 3 is 1.98 bits per heavy atom. The van der Waals surface area contributed by atoms with Gasteiger partial charge >= 0.3 is 17.9 Å². The second-order valence-electron chi connectivity index (χ2n) is 11.2. The molecule has 0 aliphatic carbocycles. The molecule has 3 N–H and O–H groups in total. The van der Waals surface area contributed by atoms with Gasteiger partial charge in [0.1, 0.15) is 12.4 Å². The first-order valence-corrected chi connectivity index (χ1v) is 14.8. The number of carbonyl (C=O) groups excluding carboxylic acids is 2. The van der Waals surface area contributed by atoms with Crippen molar-refractivity contribution in [1.82, 2.24) is 19.7 Å². The molecule has 1 heterocycles. The molecular weight excluding hydrogens is 584 g/mol. The molecule has 0 spiro atoms. The SMILES string of the molecule is C[C@H](Cc1cccnc1)C(=O)COCc1ccc(CCC(=O)CN(CCN(C)CC(=O)O)CCN(CC(=O)O)CC(=O)O)cc1. The fourth-order valence-corrected chi connectivity index (χ4v) is 4.58. The summed E-state index contributed by atoms with van der Waals surface area (Å²) >= 11 is 0. The van der Waals surface area contributed by atoms with Gasteiger partial charge in [0, 0.05) is 50.9 Å². The number of carbonyl (C=O) groups is 5. The van der Waals surface area contributed by atoms with Crippen molar-refractivity contribution in [2.45, 2.75) is 32.8 Å². The van der Waals surface area contributed by atoms with Crippen LogP contribution < -0.4 is 0 Å². The molecule has 2 aromatic rings. The lowest BCUT2D eigenvalue weighted by atomic mass is 9.98. The Kier molecular flexibility index (Phi) is 16.6. The maximum absolute atomic E-state index is 12.9. The number of rotatable bonds is 24. The van der Waals surface area contributed by atoms with Gasteiger partial charge in [-0.3, -0.25) is 43.7 Å². The number of aromatic nitrogens is 1. The van der Waals surface area contributed by atoms with Gasteiger partial charge in [-0.2, -0.15) is 0 Å². The summed E-state index contributed by atoms with van der Waals surface area (Å²) in [6.45, 7) is 2.24. The molecule has 0 bridgehead atoms. The van der Waals surface area contributed by atoms with Crippen LogP contribution in [0.4, 0.5) is 0 Å². The van der Waals surface area contributed by atoms with Gasteiger partial charge < -0.3 is 20.1 Å². The van der Waals surface area contributed by atoms with Gasteiger partial charge in [-0.05, 0) is 42.6 Å². The highest BCUT2D eigenvalue weighted by Crippen LogP contribution is 2.11. The second-order valence-corrected chi connectivity index (χ2v) is 11.2. The average Bonchev–Trinajstić information content (AvgIpc) is 2.97. The lowest BCUT2D eigenvalue weighted by molar-refractivity contribution is -0.142. The molecule has 0 aliphatic heterocycles. The van der Waals surface area contributed by atoms with Crippen LogP contribution >= 0.6 is 0 Å². The molecule has 2 rings (SSSR count). The minimum Gasteiger partial charge on any atom is -0.480 e. The lowest BCUT2D eigenvalue weighted by Gasteiger charge is -2.27. The summed E-state index contributed by atoms with van der Waals surface area (Å²) in [5.41, 5.74) is 2.86. The molecule has 246 valence electrons. The van der Waals surface area contributed by atoms with Gasteiger partial charge in [-0.1, -0.05) is 37.3 Å². The molecule has 13 nitrogen and oxygen atoms in total. The molecule has 13 heteroatoms. The summed E-state index contributed by atoms with van der Waals surface area (Å²) in [5, 5.41) is 27.2. The van der Waals surface area contributed by atoms with E-state index in [1.54, 1.807) is 29.2 Å². The molecule has 45 heavy (non-hydrogen) atoms. The van der Waals surface area contributed by atoms with Gasteiger partial charge in [-0.25, -0.2) is 0 Å². The van der Waals surface area contributed by atoms with Crippen molar-refractivity contribution in [3.63, 3.8) is 0 Å². The summed E-state index contributed by atoms with van der Waals surface area (Å²) in [5.74, 6) is -3.50. The van der Waals surface area contributed by atoms with Gasteiger partial charge in [0.2, 0.25) is 0 Å². The number of ketones is 2. The maximum atomic E-state index is 12.9. The van der Waals surface area contributed by atoms with E-state index in [0.717, 1.165) is 16.7 Å². The van der Waals surface area contributed by atoms with E-state index in [4.69, 9.17) is 20.1 Å². The fraction of sp³-hybridized carbons (Fsp3) is 0.500. The summed E-state index contributed by atoms with van der Waals surface area (Å²) in [6, 6.07) is 11.4. The summed E-state index contributed by atoms with van der Waals surface area (Å²) < 4.78 is 5.64. The highest BCUT2D eigenvalue weighted by atomic mass is 16.5. The van der Waals surface area contributed by atoms with Crippen molar-refractivity contribution < 1.29 is 44.0 Å². The number of aryl methyl sites for hydroxylation is 1. The number of aliphatic carboxylic acids is 3. The summed E-state index contributed by atoms with van der Waals surface area (Å²) in [7, 11) is 1.65. The van der Waals surface area contributed by atoms with E-state index in [-0.39, 0.29) is 63.3 Å². The van der Waals surface area contributed by atoms with Crippen LogP contribution in [0.5, 0.6) is 0 Å². The maximum Gasteiger partial charge on any atom is 0.317 e. The zero-order valence-corrected chi connectivity index (χ0v) is 26.0. The van der Waals surface area contributed by atoms with Crippen molar-refractivity contribution in [2.24, 2.45) is 5.92 Å². The highest BCUT2D eigenvalue weighted by molar-refractivity contribution is 5.82. The van der Waals surface area contributed by atoms with Gasteiger partial charge in [0.05, 0.1) is 32.8 Å². The smallest absolute Gasteiger partial charge is 0.317 e. The number of nitrogens with zero attached hydrogens (tertiary/aromatic N) is 4. The molecule has 0 saturated heterocycles. The molecule has 1 atom stereocenters. The molecule has 0 amide bonds. The van der Waals surface area contributed by atoms with Crippen LogP contribution in [0.1, 0.15) is 30.0 Å². The number of benzene rings is 1. The number of hydrogen-bond donors (Lipinski definition) is 3. The largest absolute Gasteiger partial charge is 0.480 e. The minimum atomic E-state index is -1.16. The lowest BCUT2D eigenvalue weighted by Crippen LogP contribution is -2.44. The molecule has 0 saturated carbocycles. The highest BCUT2D eigenvalue weighted by Gasteiger charge is 2.18. The number of pyridine rings is 1. The Hall–Kier alpha value is -4.04. The third-order valence-corrected chi connectivity index (χ3v) is 7.10. The molecule has 1 aromatic heterocycles. The first kappa shape index (κ1) is 37.1. The third kappa shape index (κ3) is 16.6. The first-order valence-electron chi connectivity index (χ1n) is 14.8. The number of likely N-dealkylation sites (N-methyl/N-ethyl adjacent to an activating group) is 1. The van der Waals surface area contributed by atoms with Crippen molar-refractivity contribution in [3.05, 3.63) is 65.5 Å². The summed E-state index contributed by atoms with van der Waals surface area (Å²) in [6.07, 6.45) is 4.81. The zero-order valence-electron chi connectivity index (χ0n) is 26.0. The van der Waals surface area contributed by atoms with Crippen LogP contribution in [-0.4, -0.2) is 130 Å². The van der Waals surface area contributed by atoms with Crippen LogP contribution in [0.25, 0.3) is 0 Å². The topological polar surface area (TPSA) is 178 Å². The Bertz CT molecular complexity index is 1220. The van der Waals surface area contributed by atoms with E-state index in [0.29, 0.717) is 25.9 Å². The Morgan fingerprint density at radius 1 is 0.778 bits per heavy atom. The minimum absolute atomic E-state index is 0.0185. The van der Waals surface area contributed by atoms with Crippen LogP contribution in [0.3, 0.4) is 0 Å². The van der Waals surface area contributed by atoms with Crippen LogP contribution in [0.2, 0.25) is 0 Å². The Labute approximate surface area is 263 Å². The average molecular weight is 629 g/mol. The molecule has 1 aromatic carbocycles. The van der Waals surface area contributed by atoms with Gasteiger partial charge in [0.15, 0.2) is 5.78 Å². The van der Waals surface area contributed by atoms with Crippen molar-refractivity contribution in [1.29, 1.82) is 0 Å². The standard InChI is InChI=1S/C32H44N4O9/c1-24(16-27-4-3-11-33-17-27)29(38)23-45-22-26-7-5-25(6-8-26)9-10-28(37)18-35(13-12-34(2)19-30(39)40)14-15-36(20-31(41)42)21-32(43)44/h3-8,11,17,24H,9-10,12-16,18-23H2,1-2H3,(H,39,40)(H,41,42)(H,43,44)/t24-/m1/s1. The first-order chi connectivity index (χ1) is 21.4. The van der Waals surface area contributed by atoms with Crippen molar-refractivity contribution in [2.75, 3.05) is 66.0 Å². The fourth-order valence-electron chi connectivity index (χ4n) is 4.58. The van der Waals surface area contributed by atoms with E-state index < -0.39 is 31.0 Å². The molecule has 0 unspecified atom stereocenters. The van der Waals surface area contributed by atoms with Crippen LogP contribution in [0, 0.1) is 5.92 Å². The number of carboxylic acid groups (broad SMARTS) is 3. The predicted molar refractivity (Wildman–Crippen MR) is 165 cm³/mol. The predicted octanol–water partition coefficient (Wildman–Crippen LogP) is 1.34. The summed E-state index contributed by atoms with van der Waals surface area (Å²) in [4.78, 5) is 67.3. The van der Waals surface area contributed by atoms with E-state index in [2.05, 4.69) is 4.98 Å². The Balaban J connectivity index is 1.83. The van der Waals surface area contributed by atoms with Gasteiger partial charge in [-0.15, -0.1) is 0 Å². The second kappa shape index (κ2) is 20.1. The number of ether oxygens (including phenoxy) is 1. The Morgan fingerprint density at radius 2 is 1.38 bits per heavy atom. The number of hydrogen-bond acceptors (Lipinski definition) is 10. The van der Waals surface area contributed by atoms with Crippen molar-refractivity contribution >= 4 is 29.5 Å². The monoisotopic (exact) mass is 628 g/mol. The number of Topliss-reactive ketones (excluding diaryl/α,β-unsaturated/α-hetero) is 2. The molecule has 0 fully saturated rings. The zero-order chi connectivity index (χ0) is 33.2. The molecular formula is C32H44N4O9. The van der Waals surface area contributed by atoms with E-state index >= 15 is 0 Å². The van der Waals surface area contributed by atoms with E-state index in [1.807, 2.05) is 43.3 Å². The molecule has 0 radical (unpaired) electrons.